The molecule has 2 aromatic carbocycles. The van der Waals surface area contributed by atoms with Crippen molar-refractivity contribution in [2.75, 3.05) is 17.5 Å². The molecular weight excluding hydrogens is 523 g/mol. The number of carboxylic acid groups (broad SMARTS) is 1. The molecule has 0 bridgehead atoms. The fourth-order valence-electron chi connectivity index (χ4n) is 4.66. The average molecular weight is 553 g/mol. The predicted molar refractivity (Wildman–Crippen MR) is 137 cm³/mol. The molecular formula is C26H30ClFN2O6S. The Bertz CT molecular complexity index is 1240. The Kier molecular flexibility index (Phi) is 8.40. The highest BCUT2D eigenvalue weighted by molar-refractivity contribution is 7.93. The number of ether oxygens (including phenoxy) is 1. The zero-order chi connectivity index (χ0) is 26.7. The Balaban J connectivity index is 1.72. The van der Waals surface area contributed by atoms with E-state index < -0.39 is 51.2 Å². The maximum atomic E-state index is 14.9. The maximum absolute atomic E-state index is 14.9. The van der Waals surface area contributed by atoms with E-state index in [0.717, 1.165) is 9.87 Å². The van der Waals surface area contributed by atoms with Gasteiger partial charge in [0.25, 0.3) is 5.91 Å². The van der Waals surface area contributed by atoms with Gasteiger partial charge in [0.1, 0.15) is 11.9 Å². The lowest BCUT2D eigenvalue weighted by Crippen LogP contribution is -2.57. The zero-order valence-electron chi connectivity index (χ0n) is 20.4. The first-order chi connectivity index (χ1) is 17.6. The van der Waals surface area contributed by atoms with Crippen LogP contribution in [0, 0.1) is 5.82 Å². The molecule has 1 aliphatic carbocycles. The number of carbonyl (C=O) groups is 2. The van der Waals surface area contributed by atoms with Gasteiger partial charge in [0.2, 0.25) is 10.0 Å². The Hall–Kier alpha value is -2.69. The normalized spacial score (nSPS) is 21.1. The molecule has 2 aliphatic rings. The van der Waals surface area contributed by atoms with E-state index in [0.29, 0.717) is 24.3 Å². The van der Waals surface area contributed by atoms with Gasteiger partial charge in [-0.05, 0) is 55.5 Å². The number of hydrogen-bond acceptors (Lipinski definition) is 5. The van der Waals surface area contributed by atoms with Crippen LogP contribution in [0.2, 0.25) is 5.02 Å². The number of anilines is 1. The Morgan fingerprint density at radius 3 is 2.49 bits per heavy atom. The van der Waals surface area contributed by atoms with Crippen molar-refractivity contribution in [3.8, 4) is 0 Å². The van der Waals surface area contributed by atoms with E-state index in [-0.39, 0.29) is 31.7 Å². The topological polar surface area (TPSA) is 104 Å². The van der Waals surface area contributed by atoms with Crippen molar-refractivity contribution in [1.82, 2.24) is 4.90 Å². The van der Waals surface area contributed by atoms with Gasteiger partial charge in [-0.25, -0.2) is 12.8 Å². The van der Waals surface area contributed by atoms with Gasteiger partial charge < -0.3 is 14.7 Å². The third-order valence-corrected chi connectivity index (χ3v) is 9.34. The Labute approximate surface area is 221 Å². The summed E-state index contributed by atoms with van der Waals surface area (Å²) in [6, 6.07) is 11.5. The SMILES string of the molecule is CC[C@@H](CN(c1ccccc1F)S(=O)(=O)C1CC1)N1C(=O)[C@@H](CCC(=O)O)OC[C@H]1c1ccc(Cl)cc1. The first-order valence-electron chi connectivity index (χ1n) is 12.3. The first kappa shape index (κ1) is 27.3. The summed E-state index contributed by atoms with van der Waals surface area (Å²) in [5.41, 5.74) is 0.689. The van der Waals surface area contributed by atoms with Crippen molar-refractivity contribution in [1.29, 1.82) is 0 Å². The molecule has 0 spiro atoms. The van der Waals surface area contributed by atoms with Crippen molar-refractivity contribution in [2.24, 2.45) is 0 Å². The molecule has 37 heavy (non-hydrogen) atoms. The van der Waals surface area contributed by atoms with Crippen LogP contribution in [0.4, 0.5) is 10.1 Å². The van der Waals surface area contributed by atoms with Crippen molar-refractivity contribution in [3.05, 3.63) is 64.9 Å². The third-order valence-electron chi connectivity index (χ3n) is 6.81. The van der Waals surface area contributed by atoms with Crippen LogP contribution in [0.25, 0.3) is 0 Å². The molecule has 200 valence electrons. The van der Waals surface area contributed by atoms with Gasteiger partial charge in [-0.3, -0.25) is 13.9 Å². The number of sulfonamides is 1. The lowest BCUT2D eigenvalue weighted by molar-refractivity contribution is -0.165. The summed E-state index contributed by atoms with van der Waals surface area (Å²) < 4.78 is 48.7. The summed E-state index contributed by atoms with van der Waals surface area (Å²) in [6.07, 6.45) is 0.162. The minimum absolute atomic E-state index is 0.00810. The summed E-state index contributed by atoms with van der Waals surface area (Å²) in [6.45, 7) is 1.79. The van der Waals surface area contributed by atoms with E-state index in [1.807, 2.05) is 6.92 Å². The van der Waals surface area contributed by atoms with Gasteiger partial charge in [0.05, 0.1) is 36.2 Å². The van der Waals surface area contributed by atoms with Crippen LogP contribution in [-0.2, 0) is 24.3 Å². The molecule has 0 aromatic heterocycles. The number of carboxylic acids is 1. The first-order valence-corrected chi connectivity index (χ1v) is 14.2. The van der Waals surface area contributed by atoms with Gasteiger partial charge in [-0.1, -0.05) is 42.8 Å². The minimum atomic E-state index is -3.86. The predicted octanol–water partition coefficient (Wildman–Crippen LogP) is 4.39. The summed E-state index contributed by atoms with van der Waals surface area (Å²) in [4.78, 5) is 26.5. The van der Waals surface area contributed by atoms with Gasteiger partial charge in [-0.2, -0.15) is 0 Å². The van der Waals surface area contributed by atoms with Gasteiger partial charge in [0, 0.05) is 11.4 Å². The number of hydrogen-bond donors (Lipinski definition) is 1. The fraction of sp³-hybridized carbons (Fsp3) is 0.462. The van der Waals surface area contributed by atoms with Crippen LogP contribution in [0.5, 0.6) is 0 Å². The summed E-state index contributed by atoms with van der Waals surface area (Å²) in [7, 11) is -3.86. The molecule has 8 nitrogen and oxygen atoms in total. The molecule has 1 aliphatic heterocycles. The Morgan fingerprint density at radius 2 is 1.89 bits per heavy atom. The molecule has 4 rings (SSSR count). The quantitative estimate of drug-likeness (QED) is 0.443. The Morgan fingerprint density at radius 1 is 1.22 bits per heavy atom. The van der Waals surface area contributed by atoms with Crippen LogP contribution < -0.4 is 4.31 Å². The van der Waals surface area contributed by atoms with E-state index in [1.165, 1.54) is 18.2 Å². The molecule has 1 amide bonds. The monoisotopic (exact) mass is 552 g/mol. The fourth-order valence-corrected chi connectivity index (χ4v) is 6.68. The molecule has 11 heteroatoms. The third kappa shape index (κ3) is 6.08. The van der Waals surface area contributed by atoms with Crippen LogP contribution >= 0.6 is 11.6 Å². The second-order valence-corrected chi connectivity index (χ2v) is 11.9. The van der Waals surface area contributed by atoms with Gasteiger partial charge in [-0.15, -0.1) is 0 Å². The average Bonchev–Trinajstić information content (AvgIpc) is 3.72. The molecule has 1 N–H and O–H groups in total. The number of morpholine rings is 1. The summed E-state index contributed by atoms with van der Waals surface area (Å²) >= 11 is 6.06. The molecule has 0 radical (unpaired) electrons. The maximum Gasteiger partial charge on any atom is 0.303 e. The van der Waals surface area contributed by atoms with E-state index in [2.05, 4.69) is 0 Å². The number of carbonyl (C=O) groups excluding carboxylic acids is 1. The highest BCUT2D eigenvalue weighted by atomic mass is 35.5. The van der Waals surface area contributed by atoms with Gasteiger partial charge >= 0.3 is 5.97 Å². The highest BCUT2D eigenvalue weighted by Gasteiger charge is 2.45. The van der Waals surface area contributed by atoms with E-state index in [9.17, 15) is 22.4 Å². The minimum Gasteiger partial charge on any atom is -0.481 e. The number of benzene rings is 2. The number of rotatable bonds is 11. The number of halogens is 2. The molecule has 1 saturated carbocycles. The number of nitrogens with zero attached hydrogens (tertiary/aromatic N) is 2. The van der Waals surface area contributed by atoms with Crippen molar-refractivity contribution >= 4 is 39.2 Å². The molecule has 1 saturated heterocycles. The lowest BCUT2D eigenvalue weighted by Gasteiger charge is -2.45. The number of para-hydroxylation sites is 1. The second kappa shape index (κ2) is 11.4. The largest absolute Gasteiger partial charge is 0.481 e. The van der Waals surface area contributed by atoms with Crippen molar-refractivity contribution in [2.45, 2.75) is 62.5 Å². The van der Waals surface area contributed by atoms with Gasteiger partial charge in [0.15, 0.2) is 0 Å². The standard InChI is InChI=1S/C26H30ClFN2O6S/c1-2-19(15-29(37(34,35)20-11-12-20)22-6-4-3-5-21(22)28)30-23(17-7-9-18(27)10-8-17)16-36-24(26(30)33)13-14-25(31)32/h3-10,19-20,23-24H,2,11-16H2,1H3,(H,31,32)/t19-,23-,24+/m0/s1. The van der Waals surface area contributed by atoms with Crippen molar-refractivity contribution in [3.63, 3.8) is 0 Å². The molecule has 0 unspecified atom stereocenters. The van der Waals surface area contributed by atoms with E-state index in [1.54, 1.807) is 35.2 Å². The second-order valence-electron chi connectivity index (χ2n) is 9.36. The highest BCUT2D eigenvalue weighted by Crippen LogP contribution is 2.37. The zero-order valence-corrected chi connectivity index (χ0v) is 22.0. The number of aliphatic carboxylic acids is 1. The number of amides is 1. The smallest absolute Gasteiger partial charge is 0.303 e. The molecule has 2 fully saturated rings. The van der Waals surface area contributed by atoms with Crippen LogP contribution in [0.3, 0.4) is 0 Å². The lowest BCUT2D eigenvalue weighted by atomic mass is 9.98. The summed E-state index contributed by atoms with van der Waals surface area (Å²) in [5.74, 6) is -2.13. The summed E-state index contributed by atoms with van der Waals surface area (Å²) in [5, 5.41) is 9.06. The van der Waals surface area contributed by atoms with E-state index in [4.69, 9.17) is 21.4 Å². The van der Waals surface area contributed by atoms with Crippen LogP contribution in [-0.4, -0.2) is 60.8 Å². The van der Waals surface area contributed by atoms with Crippen molar-refractivity contribution < 1.29 is 32.2 Å². The van der Waals surface area contributed by atoms with E-state index >= 15 is 0 Å². The van der Waals surface area contributed by atoms with Crippen LogP contribution in [0.15, 0.2) is 48.5 Å². The molecule has 2 aromatic rings. The molecule has 3 atom stereocenters. The van der Waals surface area contributed by atoms with Crippen LogP contribution in [0.1, 0.15) is 50.6 Å². The molecule has 1 heterocycles.